The van der Waals surface area contributed by atoms with Gasteiger partial charge in [-0.2, -0.15) is 5.10 Å². The number of aromatic nitrogens is 3. The van der Waals surface area contributed by atoms with Gasteiger partial charge in [0.05, 0.1) is 11.9 Å². The van der Waals surface area contributed by atoms with E-state index >= 15 is 0 Å². The van der Waals surface area contributed by atoms with E-state index in [0.717, 1.165) is 38.0 Å². The Kier molecular flexibility index (Phi) is 9.55. The lowest BCUT2D eigenvalue weighted by Gasteiger charge is -2.22. The number of carbonyl (C=O) groups is 1. The van der Waals surface area contributed by atoms with Crippen LogP contribution in [-0.4, -0.2) is 33.8 Å². The molecule has 0 aliphatic carbocycles. The molecule has 9 heteroatoms. The standard InChI is InChI=1S/C18H25N5O2.2ClH/c1-13-17(21-16(24)6-5-14-7-10-19-11-8-14)18(23(2)22-13)25-15-4-3-9-20-12-15;;/h3-4,9,12,14,19H,5-8,10-11H2,1-2H3,(H,21,24);2*1H. The van der Waals surface area contributed by atoms with Crippen LogP contribution in [0.2, 0.25) is 0 Å². The summed E-state index contributed by atoms with van der Waals surface area (Å²) in [5.41, 5.74) is 1.36. The van der Waals surface area contributed by atoms with Crippen LogP contribution in [0.3, 0.4) is 0 Å². The first-order valence-electron chi connectivity index (χ1n) is 8.75. The molecule has 0 aromatic carbocycles. The Morgan fingerprint density at radius 2 is 2.11 bits per heavy atom. The van der Waals surface area contributed by atoms with Crippen molar-refractivity contribution in [1.82, 2.24) is 20.1 Å². The molecule has 2 N–H and O–H groups in total. The first kappa shape index (κ1) is 23.2. The van der Waals surface area contributed by atoms with Gasteiger partial charge in [-0.25, -0.2) is 4.68 Å². The summed E-state index contributed by atoms with van der Waals surface area (Å²) in [6.45, 7) is 3.96. The smallest absolute Gasteiger partial charge is 0.241 e. The molecule has 0 atom stereocenters. The van der Waals surface area contributed by atoms with Gasteiger partial charge in [-0.3, -0.25) is 9.78 Å². The number of nitrogens with zero attached hydrogens (tertiary/aromatic N) is 3. The van der Waals surface area contributed by atoms with E-state index in [1.54, 1.807) is 30.2 Å². The number of halogens is 2. The van der Waals surface area contributed by atoms with Crippen molar-refractivity contribution >= 4 is 36.4 Å². The van der Waals surface area contributed by atoms with Crippen LogP contribution in [0.15, 0.2) is 24.5 Å². The molecule has 0 radical (unpaired) electrons. The second-order valence-electron chi connectivity index (χ2n) is 6.46. The molecule has 1 aliphatic rings. The zero-order valence-corrected chi connectivity index (χ0v) is 17.2. The molecule has 3 rings (SSSR count). The van der Waals surface area contributed by atoms with Gasteiger partial charge in [-0.15, -0.1) is 24.8 Å². The van der Waals surface area contributed by atoms with Crippen LogP contribution in [0.1, 0.15) is 31.4 Å². The Morgan fingerprint density at radius 3 is 2.78 bits per heavy atom. The fourth-order valence-corrected chi connectivity index (χ4v) is 3.12. The number of rotatable bonds is 6. The molecular weight excluding hydrogens is 389 g/mol. The molecule has 7 nitrogen and oxygen atoms in total. The summed E-state index contributed by atoms with van der Waals surface area (Å²) in [6.07, 6.45) is 7.05. The third kappa shape index (κ3) is 6.37. The second kappa shape index (κ2) is 11.1. The molecule has 1 amide bonds. The summed E-state index contributed by atoms with van der Waals surface area (Å²) in [5, 5.41) is 10.7. The first-order chi connectivity index (χ1) is 12.1. The number of piperidine rings is 1. The van der Waals surface area contributed by atoms with Crippen molar-refractivity contribution in [2.24, 2.45) is 13.0 Å². The Labute approximate surface area is 172 Å². The maximum atomic E-state index is 12.4. The summed E-state index contributed by atoms with van der Waals surface area (Å²) in [6, 6.07) is 3.62. The van der Waals surface area contributed by atoms with E-state index in [1.165, 1.54) is 0 Å². The van der Waals surface area contributed by atoms with Gasteiger partial charge < -0.3 is 15.4 Å². The minimum atomic E-state index is 0. The lowest BCUT2D eigenvalue weighted by molar-refractivity contribution is -0.116. The number of carbonyl (C=O) groups excluding carboxylic acids is 1. The molecule has 3 heterocycles. The van der Waals surface area contributed by atoms with Crippen molar-refractivity contribution in [2.75, 3.05) is 18.4 Å². The van der Waals surface area contributed by atoms with Gasteiger partial charge in [0, 0.05) is 19.7 Å². The zero-order valence-electron chi connectivity index (χ0n) is 15.6. The predicted molar refractivity (Wildman–Crippen MR) is 110 cm³/mol. The molecule has 0 unspecified atom stereocenters. The summed E-state index contributed by atoms with van der Waals surface area (Å²) >= 11 is 0. The lowest BCUT2D eigenvalue weighted by atomic mass is 9.93. The molecule has 2 aromatic rings. The van der Waals surface area contributed by atoms with Gasteiger partial charge in [-0.1, -0.05) is 0 Å². The molecule has 1 saturated heterocycles. The van der Waals surface area contributed by atoms with Gasteiger partial charge in [-0.05, 0) is 57.3 Å². The third-order valence-corrected chi connectivity index (χ3v) is 4.52. The van der Waals surface area contributed by atoms with Crippen molar-refractivity contribution < 1.29 is 9.53 Å². The molecule has 150 valence electrons. The van der Waals surface area contributed by atoms with Gasteiger partial charge in [0.1, 0.15) is 11.4 Å². The van der Waals surface area contributed by atoms with Crippen molar-refractivity contribution in [2.45, 2.75) is 32.6 Å². The summed E-state index contributed by atoms with van der Waals surface area (Å²) in [5.74, 6) is 1.76. The molecule has 0 spiro atoms. The van der Waals surface area contributed by atoms with Crippen LogP contribution in [0, 0.1) is 12.8 Å². The van der Waals surface area contributed by atoms with E-state index in [-0.39, 0.29) is 30.7 Å². The minimum Gasteiger partial charge on any atom is -0.436 e. The van der Waals surface area contributed by atoms with Crippen LogP contribution >= 0.6 is 24.8 Å². The van der Waals surface area contributed by atoms with Crippen LogP contribution < -0.4 is 15.4 Å². The number of pyridine rings is 1. The lowest BCUT2D eigenvalue weighted by Crippen LogP contribution is -2.28. The van der Waals surface area contributed by atoms with Crippen LogP contribution in [0.5, 0.6) is 11.6 Å². The van der Waals surface area contributed by atoms with E-state index in [9.17, 15) is 4.79 Å². The highest BCUT2D eigenvalue weighted by Crippen LogP contribution is 2.31. The van der Waals surface area contributed by atoms with Gasteiger partial charge in [0.25, 0.3) is 0 Å². The molecular formula is C18H27Cl2N5O2. The third-order valence-electron chi connectivity index (χ3n) is 4.52. The quantitative estimate of drug-likeness (QED) is 0.754. The van der Waals surface area contributed by atoms with Gasteiger partial charge >= 0.3 is 0 Å². The van der Waals surface area contributed by atoms with E-state index in [1.807, 2.05) is 13.0 Å². The van der Waals surface area contributed by atoms with E-state index in [2.05, 4.69) is 20.7 Å². The van der Waals surface area contributed by atoms with E-state index < -0.39 is 0 Å². The van der Waals surface area contributed by atoms with Crippen LogP contribution in [-0.2, 0) is 11.8 Å². The highest BCUT2D eigenvalue weighted by atomic mass is 35.5. The Morgan fingerprint density at radius 1 is 1.37 bits per heavy atom. The van der Waals surface area contributed by atoms with E-state index in [0.29, 0.717) is 29.7 Å². The van der Waals surface area contributed by atoms with Gasteiger partial charge in [0.2, 0.25) is 11.8 Å². The highest BCUT2D eigenvalue weighted by Gasteiger charge is 2.19. The maximum Gasteiger partial charge on any atom is 0.241 e. The second-order valence-corrected chi connectivity index (χ2v) is 6.46. The summed E-state index contributed by atoms with van der Waals surface area (Å²) < 4.78 is 7.50. The molecule has 0 saturated carbocycles. The Hall–Kier alpha value is -1.83. The number of aryl methyl sites for hydroxylation is 2. The molecule has 27 heavy (non-hydrogen) atoms. The fraction of sp³-hybridized carbons (Fsp3) is 0.500. The number of nitrogens with one attached hydrogen (secondary N) is 2. The van der Waals surface area contributed by atoms with E-state index in [4.69, 9.17) is 4.74 Å². The normalized spacial score (nSPS) is 14.0. The molecule has 0 bridgehead atoms. The van der Waals surface area contributed by atoms with Crippen molar-refractivity contribution in [3.8, 4) is 11.6 Å². The number of ether oxygens (including phenoxy) is 1. The Bertz CT molecular complexity index is 718. The van der Waals surface area contributed by atoms with Crippen molar-refractivity contribution in [3.05, 3.63) is 30.2 Å². The average molecular weight is 416 g/mol. The maximum absolute atomic E-state index is 12.4. The number of hydrogen-bond acceptors (Lipinski definition) is 5. The fourth-order valence-electron chi connectivity index (χ4n) is 3.12. The predicted octanol–water partition coefficient (Wildman–Crippen LogP) is 3.48. The van der Waals surface area contributed by atoms with Crippen LogP contribution in [0.25, 0.3) is 0 Å². The topological polar surface area (TPSA) is 81.1 Å². The van der Waals surface area contributed by atoms with Gasteiger partial charge in [0.15, 0.2) is 0 Å². The van der Waals surface area contributed by atoms with Crippen molar-refractivity contribution in [3.63, 3.8) is 0 Å². The molecule has 1 aliphatic heterocycles. The molecule has 1 fully saturated rings. The number of anilines is 1. The number of hydrogen-bond donors (Lipinski definition) is 2. The highest BCUT2D eigenvalue weighted by molar-refractivity contribution is 5.92. The zero-order chi connectivity index (χ0) is 17.6. The Balaban J connectivity index is 0.00000182. The summed E-state index contributed by atoms with van der Waals surface area (Å²) in [4.78, 5) is 16.4. The molecule has 2 aromatic heterocycles. The average Bonchev–Trinajstić information content (AvgIpc) is 2.89. The monoisotopic (exact) mass is 415 g/mol. The first-order valence-corrected chi connectivity index (χ1v) is 8.75. The largest absolute Gasteiger partial charge is 0.436 e. The van der Waals surface area contributed by atoms with Crippen molar-refractivity contribution in [1.29, 1.82) is 0 Å². The van der Waals surface area contributed by atoms with Crippen LogP contribution in [0.4, 0.5) is 5.69 Å². The minimum absolute atomic E-state index is 0. The summed E-state index contributed by atoms with van der Waals surface area (Å²) in [7, 11) is 1.80. The number of amides is 1. The SMILES string of the molecule is Cc1nn(C)c(Oc2cccnc2)c1NC(=O)CCC1CCNCC1.Cl.Cl.